The maximum atomic E-state index is 15.3. The van der Waals surface area contributed by atoms with Gasteiger partial charge in [-0.3, -0.25) is 9.59 Å². The summed E-state index contributed by atoms with van der Waals surface area (Å²) >= 11 is 7.16. The molecule has 0 aliphatic heterocycles. The summed E-state index contributed by atoms with van der Waals surface area (Å²) in [7, 11) is 0. The van der Waals surface area contributed by atoms with Gasteiger partial charge in [0.2, 0.25) is 0 Å². The molecule has 0 heterocycles. The van der Waals surface area contributed by atoms with Gasteiger partial charge in [0.1, 0.15) is 11.8 Å². The van der Waals surface area contributed by atoms with Crippen LogP contribution < -0.4 is 0 Å². The molecular formula is C22H26ClFO6. The van der Waals surface area contributed by atoms with Gasteiger partial charge in [-0.2, -0.15) is 0 Å². The first kappa shape index (κ1) is 21.7. The Morgan fingerprint density at radius 2 is 1.87 bits per heavy atom. The van der Waals surface area contributed by atoms with Crippen molar-refractivity contribution in [3.8, 4) is 0 Å². The molecule has 8 heteroatoms. The van der Waals surface area contributed by atoms with Crippen LogP contribution >= 0.6 is 11.6 Å². The molecule has 0 aromatic carbocycles. The summed E-state index contributed by atoms with van der Waals surface area (Å²) < 4.78 is 15.3. The van der Waals surface area contributed by atoms with Crippen molar-refractivity contribution < 1.29 is 34.1 Å². The number of Topliss-reactive ketones (excluding diaryl/α,β-unsaturated/α-hetero) is 1. The molecular weight excluding hydrogens is 415 g/mol. The standard InChI is InChI=1S/C22H26ClFO6/c1-10-6-12-13-8-15(24)14-7-11(25)4-5-19(14,2)21(13,23)16(26)9-20(12,3)22(10,30)17(27)18(28)29/h4-5,7,10,12-13,15-16,26,30H,6,8-9H2,1-3H3,(H,28,29)/t10?,12-,13-,15?,16?,19-,20-,21-,22-/m0/s1. The number of carboxylic acids is 1. The highest BCUT2D eigenvalue weighted by Crippen LogP contribution is 2.71. The molecule has 0 aromatic rings. The van der Waals surface area contributed by atoms with Crippen LogP contribution in [0.2, 0.25) is 0 Å². The highest BCUT2D eigenvalue weighted by Gasteiger charge is 2.76. The molecule has 0 aromatic heterocycles. The van der Waals surface area contributed by atoms with Crippen LogP contribution in [0.25, 0.3) is 0 Å². The number of carboxylic acid groups (broad SMARTS) is 1. The Labute approximate surface area is 178 Å². The molecule has 0 radical (unpaired) electrons. The molecule has 0 spiro atoms. The number of hydrogen-bond donors (Lipinski definition) is 3. The summed E-state index contributed by atoms with van der Waals surface area (Å²) in [5.41, 5.74) is -4.38. The van der Waals surface area contributed by atoms with Crippen LogP contribution in [0.4, 0.5) is 4.39 Å². The highest BCUT2D eigenvalue weighted by atomic mass is 35.5. The Hall–Kier alpha value is -1.57. The molecule has 3 unspecified atom stereocenters. The Morgan fingerprint density at radius 3 is 2.47 bits per heavy atom. The van der Waals surface area contributed by atoms with Gasteiger partial charge < -0.3 is 15.3 Å². The number of allylic oxidation sites excluding steroid dienone is 4. The quantitative estimate of drug-likeness (QED) is 0.448. The molecule has 4 aliphatic rings. The number of carbonyl (C=O) groups excluding carboxylic acids is 2. The van der Waals surface area contributed by atoms with Gasteiger partial charge in [-0.1, -0.05) is 26.8 Å². The molecule has 4 aliphatic carbocycles. The van der Waals surface area contributed by atoms with Crippen molar-refractivity contribution in [1.82, 2.24) is 0 Å². The topological polar surface area (TPSA) is 112 Å². The predicted octanol–water partition coefficient (Wildman–Crippen LogP) is 2.21. The van der Waals surface area contributed by atoms with Crippen molar-refractivity contribution in [2.75, 3.05) is 0 Å². The Morgan fingerprint density at radius 1 is 1.23 bits per heavy atom. The zero-order valence-corrected chi connectivity index (χ0v) is 17.8. The first-order valence-corrected chi connectivity index (χ1v) is 10.6. The Balaban J connectivity index is 1.87. The van der Waals surface area contributed by atoms with E-state index in [2.05, 4.69) is 0 Å². The van der Waals surface area contributed by atoms with E-state index in [-0.39, 0.29) is 30.6 Å². The number of ketones is 2. The van der Waals surface area contributed by atoms with E-state index in [1.165, 1.54) is 12.2 Å². The summed E-state index contributed by atoms with van der Waals surface area (Å²) in [4.78, 5) is 34.6. The summed E-state index contributed by atoms with van der Waals surface area (Å²) in [5, 5.41) is 32.0. The number of aliphatic hydroxyl groups is 2. The summed E-state index contributed by atoms with van der Waals surface area (Å²) in [6, 6.07) is 0. The summed E-state index contributed by atoms with van der Waals surface area (Å²) in [6.07, 6.45) is 1.47. The first-order valence-electron chi connectivity index (χ1n) is 10.2. The van der Waals surface area contributed by atoms with Gasteiger partial charge in [-0.25, -0.2) is 9.18 Å². The van der Waals surface area contributed by atoms with E-state index >= 15 is 4.39 Å². The van der Waals surface area contributed by atoms with E-state index in [4.69, 9.17) is 11.6 Å². The lowest BCUT2D eigenvalue weighted by Crippen LogP contribution is -2.70. The third-order valence-corrected chi connectivity index (χ3v) is 9.68. The predicted molar refractivity (Wildman–Crippen MR) is 106 cm³/mol. The number of aliphatic hydroxyl groups excluding tert-OH is 1. The van der Waals surface area contributed by atoms with E-state index in [0.717, 1.165) is 0 Å². The fraction of sp³-hybridized carbons (Fsp3) is 0.682. The average Bonchev–Trinajstić information content (AvgIpc) is 2.86. The molecule has 30 heavy (non-hydrogen) atoms. The van der Waals surface area contributed by atoms with Crippen molar-refractivity contribution in [2.24, 2.45) is 28.6 Å². The zero-order chi connectivity index (χ0) is 22.4. The fourth-order valence-corrected chi connectivity index (χ4v) is 7.68. The van der Waals surface area contributed by atoms with Crippen LogP contribution in [0, 0.1) is 28.6 Å². The molecule has 164 valence electrons. The molecule has 6 nitrogen and oxygen atoms in total. The third kappa shape index (κ3) is 2.24. The second-order valence-corrected chi connectivity index (χ2v) is 10.5. The van der Waals surface area contributed by atoms with Gasteiger partial charge in [-0.15, -0.1) is 11.6 Å². The minimum absolute atomic E-state index is 0.0760. The van der Waals surface area contributed by atoms with Crippen LogP contribution in [0.15, 0.2) is 23.8 Å². The largest absolute Gasteiger partial charge is 0.475 e. The van der Waals surface area contributed by atoms with Crippen LogP contribution in [0.5, 0.6) is 0 Å². The van der Waals surface area contributed by atoms with Crippen molar-refractivity contribution in [3.05, 3.63) is 23.8 Å². The summed E-state index contributed by atoms with van der Waals surface area (Å²) in [6.45, 7) is 4.91. The Kier molecular flexibility index (Phi) is 4.50. The molecule has 0 saturated heterocycles. The first-order chi connectivity index (χ1) is 13.7. The lowest BCUT2D eigenvalue weighted by atomic mass is 9.45. The second kappa shape index (κ2) is 6.24. The van der Waals surface area contributed by atoms with Crippen molar-refractivity contribution in [3.63, 3.8) is 0 Å². The number of rotatable bonds is 2. The van der Waals surface area contributed by atoms with E-state index in [9.17, 15) is 29.7 Å². The maximum Gasteiger partial charge on any atom is 0.375 e. The molecule has 4 rings (SSSR count). The van der Waals surface area contributed by atoms with Crippen LogP contribution in [-0.4, -0.2) is 55.6 Å². The van der Waals surface area contributed by atoms with Crippen LogP contribution in [-0.2, 0) is 14.4 Å². The molecule has 3 fully saturated rings. The number of halogens is 2. The van der Waals surface area contributed by atoms with Gasteiger partial charge >= 0.3 is 5.97 Å². The minimum atomic E-state index is -2.19. The zero-order valence-electron chi connectivity index (χ0n) is 17.1. The number of aliphatic carboxylic acids is 1. The van der Waals surface area contributed by atoms with Gasteiger partial charge in [0.15, 0.2) is 5.78 Å². The van der Waals surface area contributed by atoms with E-state index < -0.39 is 63.1 Å². The average molecular weight is 441 g/mol. The Bertz CT molecular complexity index is 915. The number of hydrogen-bond acceptors (Lipinski definition) is 5. The van der Waals surface area contributed by atoms with Crippen molar-refractivity contribution in [1.29, 1.82) is 0 Å². The van der Waals surface area contributed by atoms with E-state index in [0.29, 0.717) is 0 Å². The number of carbonyl (C=O) groups is 3. The normalized spacial score (nSPS) is 52.2. The number of fused-ring (bicyclic) bond motifs is 5. The molecule has 3 saturated carbocycles. The van der Waals surface area contributed by atoms with Crippen LogP contribution in [0.1, 0.15) is 40.0 Å². The molecule has 0 amide bonds. The SMILES string of the molecule is CC1C[C@H]2[C@@H]3CC(F)C4=CC(=O)C=C[C@]4(C)[C@@]3(Cl)C(O)C[C@]2(C)[C@@]1(O)C(=O)C(=O)O. The third-order valence-electron chi connectivity index (χ3n) is 8.75. The van der Waals surface area contributed by atoms with Gasteiger partial charge in [0.05, 0.1) is 11.0 Å². The second-order valence-electron chi connectivity index (χ2n) is 9.90. The molecule has 3 N–H and O–H groups in total. The maximum absolute atomic E-state index is 15.3. The van der Waals surface area contributed by atoms with Gasteiger partial charge in [-0.05, 0) is 54.7 Å². The van der Waals surface area contributed by atoms with E-state index in [1.807, 2.05) is 0 Å². The summed E-state index contributed by atoms with van der Waals surface area (Å²) in [5.74, 6) is -5.20. The minimum Gasteiger partial charge on any atom is -0.475 e. The van der Waals surface area contributed by atoms with E-state index in [1.54, 1.807) is 26.8 Å². The fourth-order valence-electron chi connectivity index (χ4n) is 7.19. The number of alkyl halides is 2. The van der Waals surface area contributed by atoms with Gasteiger partial charge in [0.25, 0.3) is 5.78 Å². The lowest BCUT2D eigenvalue weighted by Gasteiger charge is -2.64. The van der Waals surface area contributed by atoms with Crippen LogP contribution in [0.3, 0.4) is 0 Å². The van der Waals surface area contributed by atoms with Gasteiger partial charge in [0, 0.05) is 10.8 Å². The molecule has 0 bridgehead atoms. The molecule has 9 atom stereocenters. The van der Waals surface area contributed by atoms with Crippen molar-refractivity contribution in [2.45, 2.75) is 62.8 Å². The highest BCUT2D eigenvalue weighted by molar-refractivity contribution is 6.36. The lowest BCUT2D eigenvalue weighted by molar-refractivity contribution is -0.185. The smallest absolute Gasteiger partial charge is 0.375 e. The van der Waals surface area contributed by atoms with Crippen molar-refractivity contribution >= 4 is 29.1 Å². The monoisotopic (exact) mass is 440 g/mol.